The molecule has 88 valence electrons. The van der Waals surface area contributed by atoms with Gasteiger partial charge in [0.2, 0.25) is 5.95 Å². The molecule has 0 amide bonds. The maximum Gasteiger partial charge on any atom is 0.216 e. The molecule has 0 spiro atoms. The summed E-state index contributed by atoms with van der Waals surface area (Å²) in [6.07, 6.45) is 3.33. The Kier molecular flexibility index (Phi) is 3.89. The van der Waals surface area contributed by atoms with Crippen molar-refractivity contribution in [3.63, 3.8) is 0 Å². The molecule has 0 aliphatic heterocycles. The second-order valence-corrected chi connectivity index (χ2v) is 3.31. The first-order valence-corrected chi connectivity index (χ1v) is 4.56. The van der Waals surface area contributed by atoms with Gasteiger partial charge < -0.3 is 5.32 Å². The molecular formula is C9H13ClFN5. The molecule has 2 aromatic heterocycles. The monoisotopic (exact) mass is 245 g/mol. The van der Waals surface area contributed by atoms with Crippen molar-refractivity contribution >= 4 is 18.2 Å². The highest BCUT2D eigenvalue weighted by Gasteiger charge is 2.07. The summed E-state index contributed by atoms with van der Waals surface area (Å²) >= 11 is 0. The molecule has 0 fully saturated rings. The fourth-order valence-electron chi connectivity index (χ4n) is 1.28. The van der Waals surface area contributed by atoms with Gasteiger partial charge in [-0.3, -0.25) is 4.68 Å². The number of aromatic nitrogens is 4. The second kappa shape index (κ2) is 4.98. The number of anilines is 1. The van der Waals surface area contributed by atoms with E-state index in [1.54, 1.807) is 11.7 Å². The molecule has 1 N–H and O–H groups in total. The Hall–Kier alpha value is -1.56. The zero-order valence-corrected chi connectivity index (χ0v) is 9.83. The van der Waals surface area contributed by atoms with Crippen molar-refractivity contribution < 1.29 is 4.39 Å². The van der Waals surface area contributed by atoms with Crippen LogP contribution in [0, 0.1) is 5.95 Å². The van der Waals surface area contributed by atoms with Crippen LogP contribution in [0.4, 0.5) is 10.2 Å². The van der Waals surface area contributed by atoms with Gasteiger partial charge in [-0.1, -0.05) is 0 Å². The summed E-state index contributed by atoms with van der Waals surface area (Å²) in [6.45, 7) is 0.386. The molecule has 0 saturated heterocycles. The third kappa shape index (κ3) is 2.52. The van der Waals surface area contributed by atoms with Crippen LogP contribution >= 0.6 is 12.4 Å². The van der Waals surface area contributed by atoms with Gasteiger partial charge in [0.05, 0.1) is 6.20 Å². The predicted octanol–water partition coefficient (Wildman–Crippen LogP) is 1.33. The molecule has 0 saturated carbocycles. The van der Waals surface area contributed by atoms with Gasteiger partial charge >= 0.3 is 0 Å². The van der Waals surface area contributed by atoms with Crippen LogP contribution in [0.2, 0.25) is 0 Å². The van der Waals surface area contributed by atoms with Gasteiger partial charge in [0, 0.05) is 38.5 Å². The lowest BCUT2D eigenvalue weighted by atomic mass is 10.3. The smallest absolute Gasteiger partial charge is 0.216 e. The van der Waals surface area contributed by atoms with Gasteiger partial charge in [-0.15, -0.1) is 12.4 Å². The Balaban J connectivity index is 0.00000128. The van der Waals surface area contributed by atoms with E-state index in [0.717, 1.165) is 5.82 Å². The molecule has 7 heteroatoms. The van der Waals surface area contributed by atoms with Crippen LogP contribution in [0.3, 0.4) is 0 Å². The number of nitrogens with one attached hydrogen (secondary N) is 1. The van der Waals surface area contributed by atoms with Gasteiger partial charge in [0.25, 0.3) is 0 Å². The summed E-state index contributed by atoms with van der Waals surface area (Å²) in [6, 6.07) is 1.83. The quantitative estimate of drug-likeness (QED) is 0.888. The number of hydrogen-bond donors (Lipinski definition) is 1. The first-order valence-electron chi connectivity index (χ1n) is 4.56. The van der Waals surface area contributed by atoms with Crippen LogP contribution < -0.4 is 5.32 Å². The number of hydrogen-bond acceptors (Lipinski definition) is 3. The Labute approximate surface area is 98.7 Å². The van der Waals surface area contributed by atoms with E-state index in [4.69, 9.17) is 0 Å². The zero-order valence-electron chi connectivity index (χ0n) is 9.01. The summed E-state index contributed by atoms with van der Waals surface area (Å²) in [4.78, 5) is 0. The highest BCUT2D eigenvalue weighted by atomic mass is 35.5. The lowest BCUT2D eigenvalue weighted by Crippen LogP contribution is -2.03. The van der Waals surface area contributed by atoms with Gasteiger partial charge in [-0.05, 0) is 0 Å². The van der Waals surface area contributed by atoms with Crippen LogP contribution in [0.25, 0.3) is 0 Å². The molecule has 0 bridgehead atoms. The van der Waals surface area contributed by atoms with E-state index in [0.29, 0.717) is 12.1 Å². The van der Waals surface area contributed by atoms with E-state index in [2.05, 4.69) is 15.5 Å². The van der Waals surface area contributed by atoms with E-state index in [9.17, 15) is 4.39 Å². The van der Waals surface area contributed by atoms with Crippen LogP contribution in [0.5, 0.6) is 0 Å². The summed E-state index contributed by atoms with van der Waals surface area (Å²) < 4.78 is 16.2. The predicted molar refractivity (Wildman–Crippen MR) is 60.9 cm³/mol. The van der Waals surface area contributed by atoms with E-state index in [1.165, 1.54) is 10.9 Å². The molecule has 0 aromatic carbocycles. The summed E-state index contributed by atoms with van der Waals surface area (Å²) in [5.74, 6) is 0.402. The fraction of sp³-hybridized carbons (Fsp3) is 0.333. The summed E-state index contributed by atoms with van der Waals surface area (Å²) in [7, 11) is 3.40. The Morgan fingerprint density at radius 3 is 2.69 bits per heavy atom. The van der Waals surface area contributed by atoms with Gasteiger partial charge in [-0.25, -0.2) is 4.68 Å². The minimum atomic E-state index is -0.321. The van der Waals surface area contributed by atoms with Crippen LogP contribution in [0.1, 0.15) is 5.56 Å². The first kappa shape index (κ1) is 12.5. The van der Waals surface area contributed by atoms with Crippen LogP contribution in [-0.4, -0.2) is 19.6 Å². The number of nitrogens with zero attached hydrogens (tertiary/aromatic N) is 4. The SMILES string of the molecule is Cl.Cn1ccc(NCc2cnn(C)c2F)n1. The Bertz CT molecular complexity index is 464. The van der Waals surface area contributed by atoms with Crippen molar-refractivity contribution in [1.29, 1.82) is 0 Å². The van der Waals surface area contributed by atoms with E-state index in [1.807, 2.05) is 19.3 Å². The van der Waals surface area contributed by atoms with E-state index < -0.39 is 0 Å². The molecule has 0 atom stereocenters. The Morgan fingerprint density at radius 1 is 1.44 bits per heavy atom. The van der Waals surface area contributed by atoms with Crippen molar-refractivity contribution in [2.45, 2.75) is 6.54 Å². The maximum absolute atomic E-state index is 13.3. The lowest BCUT2D eigenvalue weighted by molar-refractivity contribution is 0.496. The van der Waals surface area contributed by atoms with E-state index >= 15 is 0 Å². The normalized spacial score (nSPS) is 9.94. The second-order valence-electron chi connectivity index (χ2n) is 3.31. The van der Waals surface area contributed by atoms with Gasteiger partial charge in [-0.2, -0.15) is 14.6 Å². The van der Waals surface area contributed by atoms with E-state index in [-0.39, 0.29) is 18.4 Å². The standard InChI is InChI=1S/C9H12FN5.ClH/c1-14-4-3-8(13-14)11-5-7-6-12-15(2)9(7)10;/h3-4,6H,5H2,1-2H3,(H,11,13);1H. The maximum atomic E-state index is 13.3. The third-order valence-corrected chi connectivity index (χ3v) is 2.11. The lowest BCUT2D eigenvalue weighted by Gasteiger charge is -2.00. The molecule has 0 unspecified atom stereocenters. The molecule has 16 heavy (non-hydrogen) atoms. The molecule has 0 aliphatic rings. The van der Waals surface area contributed by atoms with Crippen molar-refractivity contribution in [2.24, 2.45) is 14.1 Å². The molecule has 2 rings (SSSR count). The molecule has 2 aromatic rings. The summed E-state index contributed by atoms with van der Waals surface area (Å²) in [5.41, 5.74) is 0.531. The van der Waals surface area contributed by atoms with Crippen molar-refractivity contribution in [2.75, 3.05) is 5.32 Å². The van der Waals surface area contributed by atoms with Crippen LogP contribution in [0.15, 0.2) is 18.5 Å². The van der Waals surface area contributed by atoms with Crippen LogP contribution in [-0.2, 0) is 20.6 Å². The topological polar surface area (TPSA) is 47.7 Å². The largest absolute Gasteiger partial charge is 0.364 e. The minimum absolute atomic E-state index is 0. The zero-order chi connectivity index (χ0) is 10.8. The minimum Gasteiger partial charge on any atom is -0.364 e. The molecule has 2 heterocycles. The molecule has 0 radical (unpaired) electrons. The number of halogens is 2. The van der Waals surface area contributed by atoms with Crippen molar-refractivity contribution in [1.82, 2.24) is 19.6 Å². The number of rotatable bonds is 3. The average molecular weight is 246 g/mol. The Morgan fingerprint density at radius 2 is 2.19 bits per heavy atom. The highest BCUT2D eigenvalue weighted by molar-refractivity contribution is 5.85. The molecular weight excluding hydrogens is 233 g/mol. The van der Waals surface area contributed by atoms with Gasteiger partial charge in [0.15, 0.2) is 0 Å². The van der Waals surface area contributed by atoms with Crippen molar-refractivity contribution in [3.8, 4) is 0 Å². The third-order valence-electron chi connectivity index (χ3n) is 2.11. The highest BCUT2D eigenvalue weighted by Crippen LogP contribution is 2.08. The molecule has 5 nitrogen and oxygen atoms in total. The van der Waals surface area contributed by atoms with Gasteiger partial charge in [0.1, 0.15) is 5.82 Å². The molecule has 0 aliphatic carbocycles. The van der Waals surface area contributed by atoms with Crippen molar-refractivity contribution in [3.05, 3.63) is 30.0 Å². The number of aryl methyl sites for hydroxylation is 2. The summed E-state index contributed by atoms with van der Waals surface area (Å²) in [5, 5.41) is 10.9. The fourth-order valence-corrected chi connectivity index (χ4v) is 1.28. The average Bonchev–Trinajstić information content (AvgIpc) is 2.74. The first-order chi connectivity index (χ1) is 7.16.